The van der Waals surface area contributed by atoms with Crippen LogP contribution in [0.15, 0.2) is 18.2 Å². The molecule has 0 bridgehead atoms. The number of carboxylic acids is 2. The van der Waals surface area contributed by atoms with Crippen LogP contribution in [0.4, 0.5) is 0 Å². The van der Waals surface area contributed by atoms with E-state index in [1.165, 1.54) is 23.1 Å². The van der Waals surface area contributed by atoms with Crippen LogP contribution < -0.4 is 0 Å². The van der Waals surface area contributed by atoms with E-state index < -0.39 is 11.9 Å². The van der Waals surface area contributed by atoms with Gasteiger partial charge in [-0.15, -0.1) is 0 Å². The number of aromatic amines is 1. The average molecular weight is 375 g/mol. The fraction of sp³-hybridized carbons (Fsp3) is 0.526. The van der Waals surface area contributed by atoms with Crippen LogP contribution in [0.1, 0.15) is 30.5 Å². The molecule has 8 nitrogen and oxygen atoms in total. The first-order valence-electron chi connectivity index (χ1n) is 9.11. The monoisotopic (exact) mass is 375 g/mol. The lowest BCUT2D eigenvalue weighted by molar-refractivity contribution is -0.159. The second-order valence-corrected chi connectivity index (χ2v) is 7.08. The summed E-state index contributed by atoms with van der Waals surface area (Å²) < 4.78 is 5.44. The zero-order chi connectivity index (χ0) is 19.6. The summed E-state index contributed by atoms with van der Waals surface area (Å²) >= 11 is 0. The number of aromatic nitrogens is 2. The van der Waals surface area contributed by atoms with E-state index in [-0.39, 0.29) is 0 Å². The number of H-pyrrole nitrogens is 1. The van der Waals surface area contributed by atoms with Gasteiger partial charge in [0.05, 0.1) is 12.1 Å². The Kier molecular flexibility index (Phi) is 5.76. The third kappa shape index (κ3) is 3.81. The fourth-order valence-corrected chi connectivity index (χ4v) is 4.47. The molecule has 1 aliphatic heterocycles. The van der Waals surface area contributed by atoms with Gasteiger partial charge in [-0.05, 0) is 30.5 Å². The summed E-state index contributed by atoms with van der Waals surface area (Å²) in [5.74, 6) is -2.39. The van der Waals surface area contributed by atoms with Gasteiger partial charge in [-0.3, -0.25) is 10.00 Å². The van der Waals surface area contributed by atoms with Crippen LogP contribution in [0.5, 0.6) is 0 Å². The van der Waals surface area contributed by atoms with Gasteiger partial charge in [0.1, 0.15) is 0 Å². The maximum atomic E-state index is 9.10. The normalized spacial score (nSPS) is 24.0. The van der Waals surface area contributed by atoms with Gasteiger partial charge in [0.25, 0.3) is 0 Å². The summed E-state index contributed by atoms with van der Waals surface area (Å²) in [4.78, 5) is 20.8. The third-order valence-corrected chi connectivity index (χ3v) is 5.51. The van der Waals surface area contributed by atoms with E-state index in [0.717, 1.165) is 31.6 Å². The molecule has 1 aliphatic carbocycles. The van der Waals surface area contributed by atoms with Crippen molar-refractivity contribution >= 4 is 22.8 Å². The number of hydrogen-bond donors (Lipinski definition) is 3. The summed E-state index contributed by atoms with van der Waals surface area (Å²) in [6.07, 6.45) is 2.34. The lowest BCUT2D eigenvalue weighted by atomic mass is 9.73. The largest absolute Gasteiger partial charge is 0.473 e. The van der Waals surface area contributed by atoms with Crippen LogP contribution in [-0.4, -0.2) is 70.1 Å². The molecule has 8 heteroatoms. The molecule has 0 radical (unpaired) electrons. The van der Waals surface area contributed by atoms with Gasteiger partial charge in [-0.25, -0.2) is 9.59 Å². The SMILES string of the molecule is CCN1C[C@@H](COC)CC2c3cccc4n[nH]c(c34)C[C@H]21.O=C(O)C(=O)O. The Morgan fingerprint density at radius 1 is 1.33 bits per heavy atom. The highest BCUT2D eigenvalue weighted by Gasteiger charge is 2.40. The topological polar surface area (TPSA) is 116 Å². The van der Waals surface area contributed by atoms with E-state index in [1.807, 2.05) is 7.11 Å². The molecule has 0 amide bonds. The molecule has 1 fully saturated rings. The first kappa shape index (κ1) is 19.3. The zero-order valence-electron chi connectivity index (χ0n) is 15.5. The van der Waals surface area contributed by atoms with E-state index in [4.69, 9.17) is 24.5 Å². The second-order valence-electron chi connectivity index (χ2n) is 7.08. The molecule has 1 saturated heterocycles. The van der Waals surface area contributed by atoms with Crippen molar-refractivity contribution in [2.24, 2.45) is 5.92 Å². The molecule has 0 spiro atoms. The highest BCUT2D eigenvalue weighted by atomic mass is 16.5. The van der Waals surface area contributed by atoms with E-state index in [0.29, 0.717) is 17.9 Å². The van der Waals surface area contributed by atoms with E-state index in [2.05, 4.69) is 40.2 Å². The Morgan fingerprint density at radius 3 is 2.70 bits per heavy atom. The maximum absolute atomic E-state index is 9.10. The van der Waals surface area contributed by atoms with Crippen LogP contribution in [0.3, 0.4) is 0 Å². The first-order chi connectivity index (χ1) is 13.0. The highest BCUT2D eigenvalue weighted by Crippen LogP contribution is 2.43. The van der Waals surface area contributed by atoms with Crippen LogP contribution in [-0.2, 0) is 20.7 Å². The molecule has 146 valence electrons. The van der Waals surface area contributed by atoms with Gasteiger partial charge in [0.2, 0.25) is 0 Å². The van der Waals surface area contributed by atoms with Gasteiger partial charge in [-0.1, -0.05) is 19.1 Å². The lowest BCUT2D eigenvalue weighted by Gasteiger charge is -2.46. The molecule has 2 aliphatic rings. The number of methoxy groups -OCH3 is 1. The minimum atomic E-state index is -1.82. The first-order valence-corrected chi connectivity index (χ1v) is 9.11. The molecule has 27 heavy (non-hydrogen) atoms. The van der Waals surface area contributed by atoms with E-state index in [9.17, 15) is 0 Å². The zero-order valence-corrected chi connectivity index (χ0v) is 15.5. The Morgan fingerprint density at radius 2 is 2.07 bits per heavy atom. The molecule has 1 aromatic carbocycles. The number of aliphatic carboxylic acids is 2. The number of fused-ring (bicyclic) bond motifs is 2. The number of piperidine rings is 1. The van der Waals surface area contributed by atoms with Gasteiger partial charge in [0.15, 0.2) is 0 Å². The average Bonchev–Trinajstić information content (AvgIpc) is 3.07. The van der Waals surface area contributed by atoms with Gasteiger partial charge < -0.3 is 14.9 Å². The van der Waals surface area contributed by atoms with Gasteiger partial charge in [-0.2, -0.15) is 5.10 Å². The summed E-state index contributed by atoms with van der Waals surface area (Å²) in [6, 6.07) is 7.19. The predicted molar refractivity (Wildman–Crippen MR) is 98.8 cm³/mol. The number of ether oxygens (including phenoxy) is 1. The molecule has 2 heterocycles. The molecular weight excluding hydrogens is 350 g/mol. The Hall–Kier alpha value is -2.45. The maximum Gasteiger partial charge on any atom is 0.414 e. The van der Waals surface area contributed by atoms with Gasteiger partial charge in [0, 0.05) is 43.1 Å². The predicted octanol–water partition coefficient (Wildman–Crippen LogP) is 1.71. The smallest absolute Gasteiger partial charge is 0.414 e. The number of nitrogens with one attached hydrogen (secondary N) is 1. The molecule has 1 aromatic heterocycles. The number of benzene rings is 1. The highest BCUT2D eigenvalue weighted by molar-refractivity contribution is 6.27. The number of hydrogen-bond acceptors (Lipinski definition) is 5. The summed E-state index contributed by atoms with van der Waals surface area (Å²) in [5, 5.41) is 23.9. The summed E-state index contributed by atoms with van der Waals surface area (Å²) in [5.41, 5.74) is 3.94. The van der Waals surface area contributed by atoms with Crippen molar-refractivity contribution in [1.82, 2.24) is 15.1 Å². The van der Waals surface area contributed by atoms with Crippen LogP contribution in [0.25, 0.3) is 10.9 Å². The molecule has 3 N–H and O–H groups in total. The molecule has 2 aromatic rings. The van der Waals surface area contributed by atoms with Crippen molar-refractivity contribution in [3.8, 4) is 0 Å². The number of carbonyl (C=O) groups is 2. The number of rotatable bonds is 3. The molecular formula is C19H25N3O5. The lowest BCUT2D eigenvalue weighted by Crippen LogP contribution is -2.50. The van der Waals surface area contributed by atoms with Crippen LogP contribution >= 0.6 is 0 Å². The van der Waals surface area contributed by atoms with Crippen molar-refractivity contribution in [3.63, 3.8) is 0 Å². The Balaban J connectivity index is 0.000000307. The van der Waals surface area contributed by atoms with Crippen molar-refractivity contribution in [3.05, 3.63) is 29.5 Å². The third-order valence-electron chi connectivity index (χ3n) is 5.51. The minimum Gasteiger partial charge on any atom is -0.473 e. The Bertz CT molecular complexity index is 822. The van der Waals surface area contributed by atoms with Crippen molar-refractivity contribution < 1.29 is 24.5 Å². The Labute approximate surface area is 157 Å². The number of likely N-dealkylation sites (tertiary alicyclic amines) is 1. The number of nitrogens with zero attached hydrogens (tertiary/aromatic N) is 2. The molecule has 4 rings (SSSR count). The number of likely N-dealkylation sites (N-methyl/N-ethyl adjacent to an activating group) is 1. The quantitative estimate of drug-likeness (QED) is 0.700. The van der Waals surface area contributed by atoms with Crippen molar-refractivity contribution in [2.45, 2.75) is 31.7 Å². The number of carboxylic acid groups (broad SMARTS) is 2. The van der Waals surface area contributed by atoms with Crippen molar-refractivity contribution in [1.29, 1.82) is 0 Å². The standard InChI is InChI=1S/C17H23N3O.C2H2O4/c1-3-20-9-11(10-21-2)7-13-12-5-4-6-14-17(12)15(19-18-14)8-16(13)20;3-1(4)2(5)6/h4-6,11,13,16H,3,7-10H2,1-2H3,(H,18,19);(H,3,4)(H,5,6)/t11-,13?,16+;/m0./s1. The molecule has 0 saturated carbocycles. The van der Waals surface area contributed by atoms with Crippen LogP contribution in [0.2, 0.25) is 0 Å². The second kappa shape index (κ2) is 8.06. The van der Waals surface area contributed by atoms with Crippen molar-refractivity contribution in [2.75, 3.05) is 26.8 Å². The fourth-order valence-electron chi connectivity index (χ4n) is 4.47. The molecule has 3 atom stereocenters. The molecule has 1 unspecified atom stereocenters. The van der Waals surface area contributed by atoms with E-state index >= 15 is 0 Å². The minimum absolute atomic E-state index is 0.613. The van der Waals surface area contributed by atoms with Crippen LogP contribution in [0, 0.1) is 5.92 Å². The van der Waals surface area contributed by atoms with E-state index in [1.54, 1.807) is 0 Å². The van der Waals surface area contributed by atoms with Gasteiger partial charge >= 0.3 is 11.9 Å². The summed E-state index contributed by atoms with van der Waals surface area (Å²) in [6.45, 7) is 5.41. The summed E-state index contributed by atoms with van der Waals surface area (Å²) in [7, 11) is 1.82.